The molecule has 1 fully saturated rings. The first-order chi connectivity index (χ1) is 10.6. The number of hydrazone groups is 1. The zero-order valence-electron chi connectivity index (χ0n) is 12.6. The maximum Gasteiger partial charge on any atom is 0.268 e. The number of rotatable bonds is 4. The summed E-state index contributed by atoms with van der Waals surface area (Å²) in [6, 6.07) is 0.173. The van der Waals surface area contributed by atoms with E-state index in [-0.39, 0.29) is 17.9 Å². The Labute approximate surface area is 128 Å². The molecule has 1 aromatic rings. The van der Waals surface area contributed by atoms with Crippen LogP contribution in [0.15, 0.2) is 11.4 Å². The van der Waals surface area contributed by atoms with Gasteiger partial charge >= 0.3 is 0 Å². The lowest BCUT2D eigenvalue weighted by atomic mass is 10.1. The van der Waals surface area contributed by atoms with Gasteiger partial charge < -0.3 is 9.88 Å². The van der Waals surface area contributed by atoms with Crippen LogP contribution in [0, 0.1) is 0 Å². The van der Waals surface area contributed by atoms with Crippen molar-refractivity contribution in [2.24, 2.45) is 5.10 Å². The van der Waals surface area contributed by atoms with Gasteiger partial charge in [-0.1, -0.05) is 12.8 Å². The maximum atomic E-state index is 12.2. The summed E-state index contributed by atoms with van der Waals surface area (Å²) >= 11 is 0. The monoisotopic (exact) mass is 304 g/mol. The van der Waals surface area contributed by atoms with Crippen LogP contribution in [-0.2, 0) is 9.59 Å². The number of aromatic nitrogens is 3. The summed E-state index contributed by atoms with van der Waals surface area (Å²) < 4.78 is 2.07. The molecule has 1 saturated carbocycles. The fraction of sp³-hybridized carbons (Fsp3) is 0.643. The van der Waals surface area contributed by atoms with Crippen LogP contribution in [0.4, 0.5) is 0 Å². The van der Waals surface area contributed by atoms with Crippen molar-refractivity contribution >= 4 is 17.5 Å². The molecule has 8 heteroatoms. The fourth-order valence-electron chi connectivity index (χ4n) is 3.01. The quantitative estimate of drug-likeness (QED) is 0.860. The van der Waals surface area contributed by atoms with Crippen molar-refractivity contribution in [2.45, 2.75) is 57.5 Å². The molecule has 1 aliphatic heterocycles. The number of hydrogen-bond acceptors (Lipinski definition) is 5. The third-order valence-electron chi connectivity index (χ3n) is 4.22. The lowest BCUT2D eigenvalue weighted by Gasteiger charge is -2.19. The van der Waals surface area contributed by atoms with Gasteiger partial charge in [-0.2, -0.15) is 5.10 Å². The standard InChI is InChI=1S/C14H20N6O2/c1-9(16-14(22)11-6-7-12(21)18-17-11)13-19-15-8-20(13)10-4-2-3-5-10/h8-10H,2-7H2,1H3,(H,16,22)(H,18,21)/t9-/m1/s1. The Bertz CT molecular complexity index is 602. The van der Waals surface area contributed by atoms with E-state index in [1.165, 1.54) is 12.8 Å². The van der Waals surface area contributed by atoms with E-state index >= 15 is 0 Å². The second-order valence-corrected chi connectivity index (χ2v) is 5.82. The van der Waals surface area contributed by atoms with Crippen molar-refractivity contribution in [3.63, 3.8) is 0 Å². The molecule has 1 aliphatic carbocycles. The van der Waals surface area contributed by atoms with E-state index in [0.29, 0.717) is 24.6 Å². The molecule has 0 aromatic carbocycles. The molecule has 0 saturated heterocycles. The van der Waals surface area contributed by atoms with Crippen molar-refractivity contribution < 1.29 is 9.59 Å². The summed E-state index contributed by atoms with van der Waals surface area (Å²) in [5.41, 5.74) is 2.68. The second kappa shape index (κ2) is 6.25. The summed E-state index contributed by atoms with van der Waals surface area (Å²) in [5, 5.41) is 14.8. The van der Waals surface area contributed by atoms with Gasteiger partial charge in [-0.15, -0.1) is 10.2 Å². The van der Waals surface area contributed by atoms with Gasteiger partial charge in [0, 0.05) is 18.9 Å². The van der Waals surface area contributed by atoms with E-state index in [2.05, 4.69) is 30.6 Å². The number of carbonyl (C=O) groups is 2. The third-order valence-corrected chi connectivity index (χ3v) is 4.22. The van der Waals surface area contributed by atoms with Gasteiger partial charge in [-0.25, -0.2) is 5.43 Å². The fourth-order valence-corrected chi connectivity index (χ4v) is 3.01. The molecule has 0 unspecified atom stereocenters. The minimum atomic E-state index is -0.270. The van der Waals surface area contributed by atoms with E-state index in [1.807, 2.05) is 6.92 Å². The van der Waals surface area contributed by atoms with Crippen LogP contribution in [0.2, 0.25) is 0 Å². The predicted molar refractivity (Wildman–Crippen MR) is 78.9 cm³/mol. The first kappa shape index (κ1) is 14.7. The molecule has 2 N–H and O–H groups in total. The Hall–Kier alpha value is -2.25. The largest absolute Gasteiger partial charge is 0.341 e. The Kier molecular flexibility index (Phi) is 4.17. The smallest absolute Gasteiger partial charge is 0.268 e. The number of amides is 2. The van der Waals surface area contributed by atoms with Gasteiger partial charge in [0.1, 0.15) is 12.0 Å². The summed E-state index contributed by atoms with van der Waals surface area (Å²) in [4.78, 5) is 23.3. The Balaban J connectivity index is 1.67. The third kappa shape index (κ3) is 3.00. The SMILES string of the molecule is C[C@@H](NC(=O)C1=NNC(=O)CC1)c1nncn1C1CCCC1. The normalized spacial score (nSPS) is 20.4. The average molecular weight is 304 g/mol. The molecule has 2 heterocycles. The zero-order valence-corrected chi connectivity index (χ0v) is 12.6. The van der Waals surface area contributed by atoms with Crippen LogP contribution in [-0.4, -0.2) is 32.3 Å². The highest BCUT2D eigenvalue weighted by molar-refractivity contribution is 6.39. The molecule has 2 aliphatic rings. The lowest BCUT2D eigenvalue weighted by molar-refractivity contribution is -0.121. The molecular weight excluding hydrogens is 284 g/mol. The number of hydrogen-bond donors (Lipinski definition) is 2. The molecule has 2 amide bonds. The van der Waals surface area contributed by atoms with Crippen molar-refractivity contribution in [3.05, 3.63) is 12.2 Å². The van der Waals surface area contributed by atoms with Crippen LogP contribution < -0.4 is 10.7 Å². The summed E-state index contributed by atoms with van der Waals surface area (Å²) in [5.74, 6) is 0.333. The molecule has 1 atom stereocenters. The van der Waals surface area contributed by atoms with E-state index in [4.69, 9.17) is 0 Å². The van der Waals surface area contributed by atoms with Gasteiger partial charge in [0.05, 0.1) is 6.04 Å². The Morgan fingerprint density at radius 3 is 2.86 bits per heavy atom. The van der Waals surface area contributed by atoms with Crippen LogP contribution in [0.25, 0.3) is 0 Å². The highest BCUT2D eigenvalue weighted by Crippen LogP contribution is 2.31. The van der Waals surface area contributed by atoms with E-state index < -0.39 is 0 Å². The van der Waals surface area contributed by atoms with Crippen molar-refractivity contribution in [1.82, 2.24) is 25.5 Å². The molecule has 0 spiro atoms. The van der Waals surface area contributed by atoms with E-state index in [9.17, 15) is 9.59 Å². The Morgan fingerprint density at radius 2 is 2.18 bits per heavy atom. The topological polar surface area (TPSA) is 101 Å². The molecule has 0 radical (unpaired) electrons. The Morgan fingerprint density at radius 1 is 1.41 bits per heavy atom. The van der Waals surface area contributed by atoms with Crippen LogP contribution in [0.5, 0.6) is 0 Å². The van der Waals surface area contributed by atoms with Crippen molar-refractivity contribution in [1.29, 1.82) is 0 Å². The summed E-state index contributed by atoms with van der Waals surface area (Å²) in [7, 11) is 0. The molecule has 0 bridgehead atoms. The van der Waals surface area contributed by atoms with Gasteiger partial charge in [0.25, 0.3) is 5.91 Å². The summed E-state index contributed by atoms with van der Waals surface area (Å²) in [6.07, 6.45) is 7.10. The summed E-state index contributed by atoms with van der Waals surface area (Å²) in [6.45, 7) is 1.88. The minimum absolute atomic E-state index is 0.162. The second-order valence-electron chi connectivity index (χ2n) is 5.82. The number of nitrogens with zero attached hydrogens (tertiary/aromatic N) is 4. The number of nitrogens with one attached hydrogen (secondary N) is 2. The first-order valence-electron chi connectivity index (χ1n) is 7.71. The van der Waals surface area contributed by atoms with Gasteiger partial charge in [-0.05, 0) is 19.8 Å². The first-order valence-corrected chi connectivity index (χ1v) is 7.71. The molecule has 3 rings (SSSR count). The molecule has 22 heavy (non-hydrogen) atoms. The lowest BCUT2D eigenvalue weighted by Crippen LogP contribution is -2.38. The minimum Gasteiger partial charge on any atom is -0.341 e. The van der Waals surface area contributed by atoms with E-state index in [1.54, 1.807) is 6.33 Å². The van der Waals surface area contributed by atoms with E-state index in [0.717, 1.165) is 18.7 Å². The van der Waals surface area contributed by atoms with Crippen molar-refractivity contribution in [2.75, 3.05) is 0 Å². The van der Waals surface area contributed by atoms with Gasteiger partial charge in [-0.3, -0.25) is 9.59 Å². The highest BCUT2D eigenvalue weighted by atomic mass is 16.2. The highest BCUT2D eigenvalue weighted by Gasteiger charge is 2.25. The van der Waals surface area contributed by atoms with Gasteiger partial charge in [0.15, 0.2) is 5.82 Å². The van der Waals surface area contributed by atoms with Gasteiger partial charge in [0.2, 0.25) is 5.91 Å². The zero-order chi connectivity index (χ0) is 15.5. The predicted octanol–water partition coefficient (Wildman–Crippen LogP) is 0.836. The molecule has 8 nitrogen and oxygen atoms in total. The van der Waals surface area contributed by atoms with Crippen LogP contribution in [0.3, 0.4) is 0 Å². The molecular formula is C14H20N6O2. The number of carbonyl (C=O) groups excluding carboxylic acids is 2. The van der Waals surface area contributed by atoms with Crippen LogP contribution in [0.1, 0.15) is 63.4 Å². The maximum absolute atomic E-state index is 12.2. The van der Waals surface area contributed by atoms with Crippen molar-refractivity contribution in [3.8, 4) is 0 Å². The molecule has 1 aromatic heterocycles. The molecule has 118 valence electrons. The average Bonchev–Trinajstić information content (AvgIpc) is 3.18. The van der Waals surface area contributed by atoms with Crippen LogP contribution >= 0.6 is 0 Å².